The number of hydrogen-bond acceptors (Lipinski definition) is 6. The van der Waals surface area contributed by atoms with Gasteiger partial charge in [0, 0.05) is 26.6 Å². The molecule has 4 rings (SSSR count). The number of nitrogens with zero attached hydrogens (tertiary/aromatic N) is 7. The van der Waals surface area contributed by atoms with Crippen LogP contribution in [0.3, 0.4) is 0 Å². The minimum absolute atomic E-state index is 0.545. The molecule has 1 aliphatic rings. The zero-order valence-corrected chi connectivity index (χ0v) is 12.7. The van der Waals surface area contributed by atoms with Crippen molar-refractivity contribution >= 4 is 16.9 Å². The van der Waals surface area contributed by atoms with Gasteiger partial charge in [-0.05, 0) is 19.3 Å². The SMILES string of the molecule is Cc1nnc2n1C[C@H](CNc1ncnc3c1cnn3C)CC2. The Morgan fingerprint density at radius 3 is 3.14 bits per heavy atom. The zero-order chi connectivity index (χ0) is 15.1. The average Bonchev–Trinajstić information content (AvgIpc) is 3.10. The lowest BCUT2D eigenvalue weighted by Crippen LogP contribution is -2.27. The topological polar surface area (TPSA) is 86.3 Å². The van der Waals surface area contributed by atoms with Crippen molar-refractivity contribution in [2.45, 2.75) is 26.3 Å². The number of hydrogen-bond donors (Lipinski definition) is 1. The number of aromatic nitrogens is 7. The molecule has 0 saturated heterocycles. The molecule has 1 N–H and O–H groups in total. The van der Waals surface area contributed by atoms with Crippen molar-refractivity contribution in [2.75, 3.05) is 11.9 Å². The highest BCUT2D eigenvalue weighted by atomic mass is 15.3. The number of aryl methyl sites for hydroxylation is 3. The molecule has 8 heteroatoms. The van der Waals surface area contributed by atoms with Crippen LogP contribution in [-0.2, 0) is 20.0 Å². The Balaban J connectivity index is 1.50. The smallest absolute Gasteiger partial charge is 0.163 e. The largest absolute Gasteiger partial charge is 0.369 e. The van der Waals surface area contributed by atoms with E-state index >= 15 is 0 Å². The molecular weight excluding hydrogens is 280 g/mol. The van der Waals surface area contributed by atoms with Crippen molar-refractivity contribution in [3.8, 4) is 0 Å². The standard InChI is InChI=1S/C14H18N8/c1-9-19-20-12-4-3-10(7-22(9)12)5-15-13-11-6-18-21(2)14(11)17-8-16-13/h6,8,10H,3-5,7H2,1-2H3,(H,15,16,17)/t10-/m0/s1. The third kappa shape index (κ3) is 2.11. The number of nitrogens with one attached hydrogen (secondary N) is 1. The second-order valence-electron chi connectivity index (χ2n) is 5.79. The highest BCUT2D eigenvalue weighted by Gasteiger charge is 2.21. The van der Waals surface area contributed by atoms with Crippen molar-refractivity contribution in [3.05, 3.63) is 24.2 Å². The van der Waals surface area contributed by atoms with Crippen LogP contribution in [0.15, 0.2) is 12.5 Å². The molecule has 114 valence electrons. The van der Waals surface area contributed by atoms with Gasteiger partial charge in [0.1, 0.15) is 23.8 Å². The Hall–Kier alpha value is -2.51. The quantitative estimate of drug-likeness (QED) is 0.774. The van der Waals surface area contributed by atoms with Crippen molar-refractivity contribution in [1.29, 1.82) is 0 Å². The molecule has 1 aliphatic heterocycles. The van der Waals surface area contributed by atoms with E-state index in [9.17, 15) is 0 Å². The highest BCUT2D eigenvalue weighted by molar-refractivity contribution is 5.85. The van der Waals surface area contributed by atoms with Gasteiger partial charge >= 0.3 is 0 Å². The number of anilines is 1. The van der Waals surface area contributed by atoms with Crippen LogP contribution in [0.25, 0.3) is 11.0 Å². The summed E-state index contributed by atoms with van der Waals surface area (Å²) in [7, 11) is 1.89. The fourth-order valence-electron chi connectivity index (χ4n) is 3.04. The van der Waals surface area contributed by atoms with E-state index < -0.39 is 0 Å². The lowest BCUT2D eigenvalue weighted by Gasteiger charge is -2.24. The summed E-state index contributed by atoms with van der Waals surface area (Å²) in [5, 5.41) is 17.0. The average molecular weight is 298 g/mol. The van der Waals surface area contributed by atoms with Crippen LogP contribution in [-0.4, -0.2) is 41.1 Å². The molecule has 0 radical (unpaired) electrons. The molecule has 8 nitrogen and oxygen atoms in total. The van der Waals surface area contributed by atoms with Crippen LogP contribution in [0.2, 0.25) is 0 Å². The Morgan fingerprint density at radius 2 is 2.23 bits per heavy atom. The molecule has 0 fully saturated rings. The summed E-state index contributed by atoms with van der Waals surface area (Å²) in [6.07, 6.45) is 5.49. The molecule has 3 aromatic heterocycles. The van der Waals surface area contributed by atoms with Crippen molar-refractivity contribution < 1.29 is 0 Å². The van der Waals surface area contributed by atoms with Crippen molar-refractivity contribution in [2.24, 2.45) is 13.0 Å². The van der Waals surface area contributed by atoms with E-state index in [2.05, 4.69) is 35.1 Å². The zero-order valence-electron chi connectivity index (χ0n) is 12.7. The first-order valence-corrected chi connectivity index (χ1v) is 7.47. The van der Waals surface area contributed by atoms with Gasteiger partial charge in [0.15, 0.2) is 5.65 Å². The van der Waals surface area contributed by atoms with Gasteiger partial charge in [0.25, 0.3) is 0 Å². The van der Waals surface area contributed by atoms with Gasteiger partial charge < -0.3 is 9.88 Å². The van der Waals surface area contributed by atoms with Gasteiger partial charge in [-0.3, -0.25) is 4.68 Å². The molecule has 0 aromatic carbocycles. The van der Waals surface area contributed by atoms with E-state index in [-0.39, 0.29) is 0 Å². The second-order valence-corrected chi connectivity index (χ2v) is 5.79. The maximum absolute atomic E-state index is 4.35. The van der Waals surface area contributed by atoms with E-state index in [1.165, 1.54) is 0 Å². The minimum atomic E-state index is 0.545. The highest BCUT2D eigenvalue weighted by Crippen LogP contribution is 2.22. The summed E-state index contributed by atoms with van der Waals surface area (Å²) >= 11 is 0. The Morgan fingerprint density at radius 1 is 1.32 bits per heavy atom. The first-order chi connectivity index (χ1) is 10.7. The molecule has 0 bridgehead atoms. The molecule has 4 heterocycles. The number of rotatable bonds is 3. The molecular formula is C14H18N8. The molecule has 22 heavy (non-hydrogen) atoms. The van der Waals surface area contributed by atoms with E-state index in [1.54, 1.807) is 17.2 Å². The van der Waals surface area contributed by atoms with Crippen LogP contribution in [0.5, 0.6) is 0 Å². The van der Waals surface area contributed by atoms with E-state index in [0.29, 0.717) is 5.92 Å². The normalized spacial score (nSPS) is 17.6. The summed E-state index contributed by atoms with van der Waals surface area (Å²) in [4.78, 5) is 8.61. The number of fused-ring (bicyclic) bond motifs is 2. The van der Waals surface area contributed by atoms with E-state index in [4.69, 9.17) is 0 Å². The maximum atomic E-state index is 4.35. The van der Waals surface area contributed by atoms with Gasteiger partial charge in [0.2, 0.25) is 0 Å². The third-order valence-corrected chi connectivity index (χ3v) is 4.32. The third-order valence-electron chi connectivity index (χ3n) is 4.32. The minimum Gasteiger partial charge on any atom is -0.369 e. The van der Waals surface area contributed by atoms with Crippen molar-refractivity contribution in [1.82, 2.24) is 34.5 Å². The summed E-state index contributed by atoms with van der Waals surface area (Å²) in [5.41, 5.74) is 0.845. The lowest BCUT2D eigenvalue weighted by molar-refractivity contribution is 0.377. The van der Waals surface area contributed by atoms with Crippen LogP contribution in [0.1, 0.15) is 18.1 Å². The Kier molecular flexibility index (Phi) is 3.02. The molecule has 0 spiro atoms. The first kappa shape index (κ1) is 13.2. The van der Waals surface area contributed by atoms with Crippen LogP contribution in [0.4, 0.5) is 5.82 Å². The van der Waals surface area contributed by atoms with Crippen LogP contribution in [0, 0.1) is 12.8 Å². The predicted octanol–water partition coefficient (Wildman–Crippen LogP) is 0.938. The van der Waals surface area contributed by atoms with Gasteiger partial charge in [-0.15, -0.1) is 10.2 Å². The molecule has 3 aromatic rings. The second kappa shape index (κ2) is 5.04. The summed E-state index contributed by atoms with van der Waals surface area (Å²) < 4.78 is 3.98. The van der Waals surface area contributed by atoms with Crippen molar-refractivity contribution in [3.63, 3.8) is 0 Å². The maximum Gasteiger partial charge on any atom is 0.163 e. The Labute approximate surface area is 127 Å². The summed E-state index contributed by atoms with van der Waals surface area (Å²) in [6, 6.07) is 0. The van der Waals surface area contributed by atoms with Crippen LogP contribution >= 0.6 is 0 Å². The monoisotopic (exact) mass is 298 g/mol. The first-order valence-electron chi connectivity index (χ1n) is 7.47. The molecule has 0 saturated carbocycles. The van der Waals surface area contributed by atoms with Gasteiger partial charge in [0.05, 0.1) is 11.6 Å². The fourth-order valence-corrected chi connectivity index (χ4v) is 3.04. The predicted molar refractivity (Wildman–Crippen MR) is 81.4 cm³/mol. The molecule has 0 aliphatic carbocycles. The van der Waals surface area contributed by atoms with Gasteiger partial charge in [-0.1, -0.05) is 0 Å². The lowest BCUT2D eigenvalue weighted by atomic mass is 9.99. The summed E-state index contributed by atoms with van der Waals surface area (Å²) in [5.74, 6) is 3.50. The molecule has 0 amide bonds. The summed E-state index contributed by atoms with van der Waals surface area (Å²) in [6.45, 7) is 3.84. The molecule has 0 unspecified atom stereocenters. The van der Waals surface area contributed by atoms with Gasteiger partial charge in [-0.2, -0.15) is 5.10 Å². The van der Waals surface area contributed by atoms with Crippen LogP contribution < -0.4 is 5.32 Å². The molecule has 1 atom stereocenters. The van der Waals surface area contributed by atoms with Gasteiger partial charge in [-0.25, -0.2) is 9.97 Å². The van der Waals surface area contributed by atoms with E-state index in [1.807, 2.05) is 14.0 Å². The fraction of sp³-hybridized carbons (Fsp3) is 0.500. The van der Waals surface area contributed by atoms with E-state index in [0.717, 1.165) is 54.4 Å². The Bertz CT molecular complexity index is 817.